The van der Waals surface area contributed by atoms with Gasteiger partial charge < -0.3 is 10.6 Å². The average molecular weight is 411 g/mol. The van der Waals surface area contributed by atoms with Crippen LogP contribution in [0, 0.1) is 5.92 Å². The normalized spacial score (nSPS) is 19.0. The van der Waals surface area contributed by atoms with Crippen molar-refractivity contribution < 1.29 is 9.59 Å². The molecule has 4 nitrogen and oxygen atoms in total. The lowest BCUT2D eigenvalue weighted by Gasteiger charge is -2.29. The van der Waals surface area contributed by atoms with E-state index in [1.54, 1.807) is 11.8 Å². The largest absolute Gasteiger partial charge is 0.354 e. The second kappa shape index (κ2) is 10.5. The zero-order valence-corrected chi connectivity index (χ0v) is 18.0. The van der Waals surface area contributed by atoms with Gasteiger partial charge >= 0.3 is 0 Å². The molecular formula is C24H30N2O2S. The van der Waals surface area contributed by atoms with Crippen LogP contribution < -0.4 is 10.6 Å². The van der Waals surface area contributed by atoms with Crippen LogP contribution in [0.4, 0.5) is 0 Å². The van der Waals surface area contributed by atoms with Gasteiger partial charge in [0.25, 0.3) is 5.91 Å². The minimum atomic E-state index is -0.0560. The van der Waals surface area contributed by atoms with E-state index in [2.05, 4.69) is 22.8 Å². The molecule has 1 fully saturated rings. The van der Waals surface area contributed by atoms with E-state index in [0.717, 1.165) is 36.3 Å². The predicted octanol–water partition coefficient (Wildman–Crippen LogP) is 4.79. The third kappa shape index (κ3) is 6.64. The summed E-state index contributed by atoms with van der Waals surface area (Å²) >= 11 is 1.76. The van der Waals surface area contributed by atoms with Crippen LogP contribution >= 0.6 is 11.8 Å². The van der Waals surface area contributed by atoms with Gasteiger partial charge in [0.15, 0.2) is 0 Å². The van der Waals surface area contributed by atoms with E-state index in [4.69, 9.17) is 0 Å². The lowest BCUT2D eigenvalue weighted by Crippen LogP contribution is -2.43. The minimum Gasteiger partial charge on any atom is -0.354 e. The summed E-state index contributed by atoms with van der Waals surface area (Å²) in [6.45, 7) is 3.95. The van der Waals surface area contributed by atoms with Crippen molar-refractivity contribution in [3.63, 3.8) is 0 Å². The van der Waals surface area contributed by atoms with E-state index in [1.807, 2.05) is 56.3 Å². The molecule has 29 heavy (non-hydrogen) atoms. The Bertz CT molecular complexity index is 805. The number of rotatable bonds is 7. The van der Waals surface area contributed by atoms with Gasteiger partial charge in [-0.25, -0.2) is 0 Å². The Labute approximate surface area is 177 Å². The highest BCUT2D eigenvalue weighted by Gasteiger charge is 2.28. The molecule has 2 N–H and O–H groups in total. The fourth-order valence-electron chi connectivity index (χ4n) is 3.67. The van der Waals surface area contributed by atoms with Crippen LogP contribution in [0.2, 0.25) is 0 Å². The van der Waals surface area contributed by atoms with E-state index >= 15 is 0 Å². The Morgan fingerprint density at radius 3 is 2.45 bits per heavy atom. The van der Waals surface area contributed by atoms with Crippen molar-refractivity contribution >= 4 is 23.6 Å². The van der Waals surface area contributed by atoms with Crippen LogP contribution in [0.5, 0.6) is 0 Å². The first-order valence-electron chi connectivity index (χ1n) is 10.4. The number of carbonyl (C=O) groups is 2. The molecule has 2 aromatic rings. The summed E-state index contributed by atoms with van der Waals surface area (Å²) in [5.74, 6) is 0.959. The quantitative estimate of drug-likeness (QED) is 0.645. The summed E-state index contributed by atoms with van der Waals surface area (Å²) < 4.78 is 0. The molecule has 0 saturated heterocycles. The monoisotopic (exact) mass is 410 g/mol. The smallest absolute Gasteiger partial charge is 0.251 e. The van der Waals surface area contributed by atoms with Gasteiger partial charge in [0.05, 0.1) is 0 Å². The van der Waals surface area contributed by atoms with Crippen molar-refractivity contribution in [2.24, 2.45) is 5.92 Å². The minimum absolute atomic E-state index is 0.00628. The standard InChI is InChI=1S/C24H30N2O2S/c1-17(2)25-24(28)20-9-6-10-21(15-20)26-23(27)19-11-13-22(14-12-19)29-16-18-7-4-3-5-8-18/h3-5,7-8,11-14,17,20-21H,6,9-10,15-16H2,1-2H3,(H,25,28)(H,26,27). The molecule has 154 valence electrons. The molecule has 2 amide bonds. The number of hydrogen-bond donors (Lipinski definition) is 2. The Hall–Kier alpha value is -2.27. The maximum absolute atomic E-state index is 12.6. The van der Waals surface area contributed by atoms with Crippen molar-refractivity contribution in [1.29, 1.82) is 0 Å². The van der Waals surface area contributed by atoms with Crippen molar-refractivity contribution in [2.75, 3.05) is 0 Å². The summed E-state index contributed by atoms with van der Waals surface area (Å²) in [6, 6.07) is 18.3. The zero-order chi connectivity index (χ0) is 20.6. The van der Waals surface area contributed by atoms with Crippen LogP contribution in [-0.2, 0) is 10.5 Å². The number of thioether (sulfide) groups is 1. The highest BCUT2D eigenvalue weighted by Crippen LogP contribution is 2.26. The van der Waals surface area contributed by atoms with Crippen LogP contribution in [0.15, 0.2) is 59.5 Å². The average Bonchev–Trinajstić information content (AvgIpc) is 2.73. The second-order valence-electron chi connectivity index (χ2n) is 8.00. The van der Waals surface area contributed by atoms with Crippen molar-refractivity contribution in [3.8, 4) is 0 Å². The Balaban J connectivity index is 1.50. The first kappa shape index (κ1) is 21.4. The van der Waals surface area contributed by atoms with Crippen molar-refractivity contribution in [3.05, 3.63) is 65.7 Å². The fraction of sp³-hybridized carbons (Fsp3) is 0.417. The van der Waals surface area contributed by atoms with Gasteiger partial charge in [-0.2, -0.15) is 0 Å². The van der Waals surface area contributed by atoms with E-state index in [9.17, 15) is 9.59 Å². The third-order valence-corrected chi connectivity index (χ3v) is 6.26. The maximum atomic E-state index is 12.6. The summed E-state index contributed by atoms with van der Waals surface area (Å²) in [5, 5.41) is 6.12. The zero-order valence-electron chi connectivity index (χ0n) is 17.2. The van der Waals surface area contributed by atoms with Crippen LogP contribution in [-0.4, -0.2) is 23.9 Å². The van der Waals surface area contributed by atoms with Gasteiger partial charge in [-0.05, 0) is 62.9 Å². The molecule has 0 radical (unpaired) electrons. The topological polar surface area (TPSA) is 58.2 Å². The lowest BCUT2D eigenvalue weighted by molar-refractivity contribution is -0.126. The Kier molecular flexibility index (Phi) is 7.76. The molecule has 0 heterocycles. The van der Waals surface area contributed by atoms with E-state index in [0.29, 0.717) is 5.56 Å². The number of benzene rings is 2. The SMILES string of the molecule is CC(C)NC(=O)C1CCCC(NC(=O)c2ccc(SCc3ccccc3)cc2)C1. The van der Waals surface area contributed by atoms with Gasteiger partial charge in [0.1, 0.15) is 0 Å². The van der Waals surface area contributed by atoms with E-state index < -0.39 is 0 Å². The number of amides is 2. The molecule has 2 unspecified atom stereocenters. The fourth-order valence-corrected chi connectivity index (χ4v) is 4.53. The van der Waals surface area contributed by atoms with Gasteiger partial charge in [0.2, 0.25) is 5.91 Å². The van der Waals surface area contributed by atoms with Crippen LogP contribution in [0.1, 0.15) is 55.5 Å². The Morgan fingerprint density at radius 2 is 1.76 bits per heavy atom. The Morgan fingerprint density at radius 1 is 1.03 bits per heavy atom. The number of hydrogen-bond acceptors (Lipinski definition) is 3. The maximum Gasteiger partial charge on any atom is 0.251 e. The second-order valence-corrected chi connectivity index (χ2v) is 9.04. The highest BCUT2D eigenvalue weighted by molar-refractivity contribution is 7.98. The molecule has 0 aromatic heterocycles. The molecular weight excluding hydrogens is 380 g/mol. The molecule has 3 rings (SSSR count). The third-order valence-electron chi connectivity index (χ3n) is 5.18. The molecule has 1 aliphatic carbocycles. The molecule has 2 aromatic carbocycles. The van der Waals surface area contributed by atoms with Gasteiger partial charge in [0, 0.05) is 34.2 Å². The predicted molar refractivity (Wildman–Crippen MR) is 119 cm³/mol. The molecule has 0 aliphatic heterocycles. The summed E-state index contributed by atoms with van der Waals surface area (Å²) in [6.07, 6.45) is 3.52. The van der Waals surface area contributed by atoms with Crippen LogP contribution in [0.3, 0.4) is 0 Å². The lowest BCUT2D eigenvalue weighted by atomic mass is 9.85. The van der Waals surface area contributed by atoms with Crippen molar-refractivity contribution in [2.45, 2.75) is 62.3 Å². The van der Waals surface area contributed by atoms with E-state index in [1.165, 1.54) is 5.56 Å². The van der Waals surface area contributed by atoms with Crippen LogP contribution in [0.25, 0.3) is 0 Å². The van der Waals surface area contributed by atoms with E-state index in [-0.39, 0.29) is 29.8 Å². The number of carbonyl (C=O) groups excluding carboxylic acids is 2. The molecule has 5 heteroatoms. The van der Waals surface area contributed by atoms with Gasteiger partial charge in [-0.15, -0.1) is 11.8 Å². The molecule has 0 bridgehead atoms. The number of nitrogens with one attached hydrogen (secondary N) is 2. The van der Waals surface area contributed by atoms with Gasteiger partial charge in [-0.3, -0.25) is 9.59 Å². The molecule has 1 aliphatic rings. The summed E-state index contributed by atoms with van der Waals surface area (Å²) in [5.41, 5.74) is 1.95. The molecule has 1 saturated carbocycles. The van der Waals surface area contributed by atoms with Gasteiger partial charge in [-0.1, -0.05) is 36.8 Å². The first-order chi connectivity index (χ1) is 14.0. The first-order valence-corrected chi connectivity index (χ1v) is 11.4. The molecule has 0 spiro atoms. The molecule has 2 atom stereocenters. The summed E-state index contributed by atoms with van der Waals surface area (Å²) in [7, 11) is 0. The van der Waals surface area contributed by atoms with Crippen molar-refractivity contribution in [1.82, 2.24) is 10.6 Å². The highest BCUT2D eigenvalue weighted by atomic mass is 32.2. The summed E-state index contributed by atoms with van der Waals surface area (Å²) in [4.78, 5) is 26.1.